The molecule has 1 aromatic heterocycles. The van der Waals surface area contributed by atoms with E-state index in [1.807, 2.05) is 38.1 Å². The number of hydrogen-bond donors (Lipinski definition) is 2. The maximum Gasteiger partial charge on any atom is 0.219 e. The second kappa shape index (κ2) is 5.32. The van der Waals surface area contributed by atoms with E-state index in [-0.39, 0.29) is 17.9 Å². The van der Waals surface area contributed by atoms with Crippen LogP contribution in [0.25, 0.3) is 11.0 Å². The van der Waals surface area contributed by atoms with Crippen molar-refractivity contribution in [3.8, 4) is 0 Å². The molecule has 0 radical (unpaired) electrons. The second-order valence-corrected chi connectivity index (χ2v) is 5.23. The molecule has 1 amide bonds. The van der Waals surface area contributed by atoms with Crippen LogP contribution in [0.5, 0.6) is 0 Å². The van der Waals surface area contributed by atoms with Gasteiger partial charge in [0, 0.05) is 18.5 Å². The van der Waals surface area contributed by atoms with Gasteiger partial charge in [-0.3, -0.25) is 9.78 Å². The quantitative estimate of drug-likeness (QED) is 0.848. The van der Waals surface area contributed by atoms with Gasteiger partial charge in [0.2, 0.25) is 5.91 Å². The lowest BCUT2D eigenvalue weighted by molar-refractivity contribution is -0.119. The van der Waals surface area contributed by atoms with E-state index in [0.717, 1.165) is 16.7 Å². The van der Waals surface area contributed by atoms with Crippen LogP contribution in [0.2, 0.25) is 0 Å². The van der Waals surface area contributed by atoms with Gasteiger partial charge >= 0.3 is 0 Å². The molecule has 19 heavy (non-hydrogen) atoms. The molecule has 0 aliphatic heterocycles. The molecule has 0 bridgehead atoms. The molecule has 5 heteroatoms. The highest BCUT2D eigenvalue weighted by molar-refractivity contribution is 5.75. The smallest absolute Gasteiger partial charge is 0.219 e. The van der Waals surface area contributed by atoms with Crippen molar-refractivity contribution in [1.29, 1.82) is 0 Å². The molecule has 0 fully saturated rings. The van der Waals surface area contributed by atoms with Crippen molar-refractivity contribution in [1.82, 2.24) is 15.3 Å². The third kappa shape index (κ3) is 3.72. The van der Waals surface area contributed by atoms with E-state index in [0.29, 0.717) is 6.54 Å². The number of hydrogen-bond acceptors (Lipinski definition) is 4. The number of amides is 1. The lowest BCUT2D eigenvalue weighted by atomic mass is 10.0. The number of carbonyl (C=O) groups excluding carboxylic acids is 1. The zero-order valence-corrected chi connectivity index (χ0v) is 11.2. The molecular weight excluding hydrogens is 240 g/mol. The van der Waals surface area contributed by atoms with Crippen molar-refractivity contribution in [2.75, 3.05) is 0 Å². The van der Waals surface area contributed by atoms with Crippen LogP contribution in [-0.4, -0.2) is 21.4 Å². The molecule has 100 valence electrons. The number of para-hydroxylation sites is 2. The minimum Gasteiger partial charge on any atom is -0.370 e. The monoisotopic (exact) mass is 258 g/mol. The Kier molecular flexibility index (Phi) is 3.76. The van der Waals surface area contributed by atoms with E-state index in [1.165, 1.54) is 0 Å². The number of primary amides is 1. The fourth-order valence-electron chi connectivity index (χ4n) is 1.91. The number of rotatable bonds is 5. The molecule has 2 rings (SSSR count). The second-order valence-electron chi connectivity index (χ2n) is 5.23. The van der Waals surface area contributed by atoms with E-state index in [4.69, 9.17) is 5.73 Å². The maximum absolute atomic E-state index is 11.0. The number of nitrogens with two attached hydrogens (primary N) is 1. The van der Waals surface area contributed by atoms with E-state index < -0.39 is 0 Å². The van der Waals surface area contributed by atoms with Gasteiger partial charge in [0.15, 0.2) is 0 Å². The predicted octanol–water partition coefficient (Wildman–Crippen LogP) is 1.37. The predicted molar refractivity (Wildman–Crippen MR) is 74.3 cm³/mol. The van der Waals surface area contributed by atoms with Crippen molar-refractivity contribution in [2.24, 2.45) is 5.73 Å². The minimum absolute atomic E-state index is 0.286. The molecule has 5 nitrogen and oxygen atoms in total. The topological polar surface area (TPSA) is 80.9 Å². The number of carbonyl (C=O) groups is 1. The number of fused-ring (bicyclic) bond motifs is 1. The lowest BCUT2D eigenvalue weighted by Gasteiger charge is -2.24. The lowest BCUT2D eigenvalue weighted by Crippen LogP contribution is -2.42. The Labute approximate surface area is 112 Å². The largest absolute Gasteiger partial charge is 0.370 e. The van der Waals surface area contributed by atoms with Gasteiger partial charge in [-0.05, 0) is 26.0 Å². The summed E-state index contributed by atoms with van der Waals surface area (Å²) in [7, 11) is 0. The summed E-state index contributed by atoms with van der Waals surface area (Å²) < 4.78 is 0. The van der Waals surface area contributed by atoms with E-state index in [1.54, 1.807) is 6.20 Å². The molecule has 1 heterocycles. The first kappa shape index (κ1) is 13.4. The molecule has 0 saturated carbocycles. The van der Waals surface area contributed by atoms with Crippen molar-refractivity contribution in [2.45, 2.75) is 32.4 Å². The summed E-state index contributed by atoms with van der Waals surface area (Å²) in [6.45, 7) is 4.43. The Morgan fingerprint density at radius 3 is 2.68 bits per heavy atom. The zero-order chi connectivity index (χ0) is 13.9. The van der Waals surface area contributed by atoms with Crippen LogP contribution in [0.4, 0.5) is 0 Å². The summed E-state index contributed by atoms with van der Waals surface area (Å²) in [5.41, 5.74) is 7.46. The summed E-state index contributed by atoms with van der Waals surface area (Å²) in [6, 6.07) is 7.73. The maximum atomic E-state index is 11.0. The van der Waals surface area contributed by atoms with Gasteiger partial charge in [-0.1, -0.05) is 12.1 Å². The highest BCUT2D eigenvalue weighted by Crippen LogP contribution is 2.11. The summed E-state index contributed by atoms with van der Waals surface area (Å²) >= 11 is 0. The SMILES string of the molecule is CC(C)(CC(N)=O)NCc1cnc2ccccc2n1. The number of benzene rings is 1. The van der Waals surface area contributed by atoms with Gasteiger partial charge in [0.1, 0.15) is 0 Å². The summed E-state index contributed by atoms with van der Waals surface area (Å²) in [5, 5.41) is 3.27. The zero-order valence-electron chi connectivity index (χ0n) is 11.2. The Hall–Kier alpha value is -2.01. The highest BCUT2D eigenvalue weighted by atomic mass is 16.1. The van der Waals surface area contributed by atoms with Gasteiger partial charge in [-0.2, -0.15) is 0 Å². The van der Waals surface area contributed by atoms with E-state index >= 15 is 0 Å². The summed E-state index contributed by atoms with van der Waals surface area (Å²) in [5.74, 6) is -0.318. The first-order valence-electron chi connectivity index (χ1n) is 6.20. The van der Waals surface area contributed by atoms with Gasteiger partial charge in [0.05, 0.1) is 22.9 Å². The van der Waals surface area contributed by atoms with Crippen molar-refractivity contribution >= 4 is 16.9 Å². The molecule has 0 saturated heterocycles. The van der Waals surface area contributed by atoms with Crippen LogP contribution < -0.4 is 11.1 Å². The highest BCUT2D eigenvalue weighted by Gasteiger charge is 2.19. The van der Waals surface area contributed by atoms with Crippen LogP contribution in [-0.2, 0) is 11.3 Å². The van der Waals surface area contributed by atoms with Crippen molar-refractivity contribution in [3.05, 3.63) is 36.2 Å². The van der Waals surface area contributed by atoms with Crippen LogP contribution in [0, 0.1) is 0 Å². The minimum atomic E-state index is -0.348. The Morgan fingerprint density at radius 1 is 1.32 bits per heavy atom. The molecule has 1 aromatic carbocycles. The number of aromatic nitrogens is 2. The molecule has 0 unspecified atom stereocenters. The average molecular weight is 258 g/mol. The summed E-state index contributed by atoms with van der Waals surface area (Å²) in [4.78, 5) is 19.8. The average Bonchev–Trinajstić information content (AvgIpc) is 2.35. The molecule has 2 aromatic rings. The van der Waals surface area contributed by atoms with E-state index in [9.17, 15) is 4.79 Å². The van der Waals surface area contributed by atoms with Crippen LogP contribution >= 0.6 is 0 Å². The van der Waals surface area contributed by atoms with E-state index in [2.05, 4.69) is 15.3 Å². The fourth-order valence-corrected chi connectivity index (χ4v) is 1.91. The number of nitrogens with zero attached hydrogens (tertiary/aromatic N) is 2. The van der Waals surface area contributed by atoms with Crippen molar-refractivity contribution in [3.63, 3.8) is 0 Å². The first-order chi connectivity index (χ1) is 8.96. The van der Waals surface area contributed by atoms with Gasteiger partial charge in [-0.15, -0.1) is 0 Å². The molecule has 0 aliphatic carbocycles. The first-order valence-corrected chi connectivity index (χ1v) is 6.20. The van der Waals surface area contributed by atoms with Crippen LogP contribution in [0.1, 0.15) is 26.0 Å². The fraction of sp³-hybridized carbons (Fsp3) is 0.357. The van der Waals surface area contributed by atoms with Crippen molar-refractivity contribution < 1.29 is 4.79 Å². The molecule has 0 aliphatic rings. The van der Waals surface area contributed by atoms with Gasteiger partial charge in [-0.25, -0.2) is 4.98 Å². The van der Waals surface area contributed by atoms with Gasteiger partial charge < -0.3 is 11.1 Å². The van der Waals surface area contributed by atoms with Gasteiger partial charge in [0.25, 0.3) is 0 Å². The van der Waals surface area contributed by atoms with Crippen LogP contribution in [0.15, 0.2) is 30.5 Å². The Balaban J connectivity index is 2.07. The third-order valence-corrected chi connectivity index (χ3v) is 2.86. The molecule has 3 N–H and O–H groups in total. The normalized spacial score (nSPS) is 11.7. The molecule has 0 atom stereocenters. The standard InChI is InChI=1S/C14H18N4O/c1-14(2,7-13(15)19)17-9-10-8-16-11-5-3-4-6-12(11)18-10/h3-6,8,17H,7,9H2,1-2H3,(H2,15,19). The molecular formula is C14H18N4O. The number of nitrogens with one attached hydrogen (secondary N) is 1. The summed E-state index contributed by atoms with van der Waals surface area (Å²) in [6.07, 6.45) is 2.03. The third-order valence-electron chi connectivity index (χ3n) is 2.86. The Bertz CT molecular complexity index is 595. The molecule has 0 spiro atoms. The van der Waals surface area contributed by atoms with Crippen LogP contribution in [0.3, 0.4) is 0 Å². The Morgan fingerprint density at radius 2 is 2.00 bits per heavy atom.